The Bertz CT molecular complexity index is 214. The SMILES string of the molecule is CNC1CCC(C)CC1CCOCCOCCOC. The first-order valence-corrected chi connectivity index (χ1v) is 7.59. The minimum atomic E-state index is 0.655. The molecule has 0 aromatic rings. The quantitative estimate of drug-likeness (QED) is 0.619. The van der Waals surface area contributed by atoms with Crippen molar-refractivity contribution < 1.29 is 14.2 Å². The van der Waals surface area contributed by atoms with Gasteiger partial charge in [0.05, 0.1) is 26.4 Å². The third-order valence-electron chi connectivity index (χ3n) is 4.05. The summed E-state index contributed by atoms with van der Waals surface area (Å²) in [6.07, 6.45) is 5.16. The summed E-state index contributed by atoms with van der Waals surface area (Å²) in [6, 6.07) is 0.678. The van der Waals surface area contributed by atoms with Crippen molar-refractivity contribution in [3.8, 4) is 0 Å². The predicted molar refractivity (Wildman–Crippen MR) is 77.5 cm³/mol. The Kier molecular flexibility index (Phi) is 9.43. The van der Waals surface area contributed by atoms with Crippen LogP contribution in [0.5, 0.6) is 0 Å². The summed E-state index contributed by atoms with van der Waals surface area (Å²) < 4.78 is 15.9. The molecule has 3 unspecified atom stereocenters. The number of nitrogens with one attached hydrogen (secondary N) is 1. The summed E-state index contributed by atoms with van der Waals surface area (Å²) >= 11 is 0. The highest BCUT2D eigenvalue weighted by molar-refractivity contribution is 4.82. The highest BCUT2D eigenvalue weighted by Crippen LogP contribution is 2.30. The molecule has 0 amide bonds. The standard InChI is InChI=1S/C15H31NO3/c1-13-4-5-15(16-2)14(12-13)6-7-18-10-11-19-9-8-17-3/h13-16H,4-12H2,1-3H3. The van der Waals surface area contributed by atoms with Crippen molar-refractivity contribution >= 4 is 0 Å². The van der Waals surface area contributed by atoms with Gasteiger partial charge in [-0.05, 0) is 44.6 Å². The van der Waals surface area contributed by atoms with Gasteiger partial charge in [-0.3, -0.25) is 0 Å². The van der Waals surface area contributed by atoms with E-state index in [2.05, 4.69) is 19.3 Å². The second-order valence-electron chi connectivity index (χ2n) is 5.58. The average molecular weight is 273 g/mol. The van der Waals surface area contributed by atoms with Gasteiger partial charge in [0, 0.05) is 19.8 Å². The Morgan fingerprint density at radius 3 is 2.37 bits per heavy atom. The van der Waals surface area contributed by atoms with Gasteiger partial charge in [0.25, 0.3) is 0 Å². The predicted octanol–water partition coefficient (Wildman–Crippen LogP) is 2.08. The topological polar surface area (TPSA) is 39.7 Å². The molecular weight excluding hydrogens is 242 g/mol. The first-order valence-electron chi connectivity index (χ1n) is 7.59. The smallest absolute Gasteiger partial charge is 0.0701 e. The monoisotopic (exact) mass is 273 g/mol. The van der Waals surface area contributed by atoms with Crippen LogP contribution in [0, 0.1) is 11.8 Å². The molecule has 4 nitrogen and oxygen atoms in total. The van der Waals surface area contributed by atoms with E-state index in [9.17, 15) is 0 Å². The van der Waals surface area contributed by atoms with Crippen LogP contribution in [0.3, 0.4) is 0 Å². The lowest BCUT2D eigenvalue weighted by Crippen LogP contribution is -2.38. The molecule has 0 spiro atoms. The van der Waals surface area contributed by atoms with Crippen molar-refractivity contribution in [1.82, 2.24) is 5.32 Å². The molecule has 0 bridgehead atoms. The van der Waals surface area contributed by atoms with E-state index in [4.69, 9.17) is 14.2 Å². The zero-order chi connectivity index (χ0) is 13.9. The molecule has 0 saturated heterocycles. The summed E-state index contributed by atoms with van der Waals surface area (Å²) in [4.78, 5) is 0. The zero-order valence-corrected chi connectivity index (χ0v) is 12.8. The van der Waals surface area contributed by atoms with E-state index in [0.29, 0.717) is 32.5 Å². The van der Waals surface area contributed by atoms with Crippen molar-refractivity contribution in [3.63, 3.8) is 0 Å². The summed E-state index contributed by atoms with van der Waals surface area (Å²) in [5.41, 5.74) is 0. The van der Waals surface area contributed by atoms with Gasteiger partial charge >= 0.3 is 0 Å². The highest BCUT2D eigenvalue weighted by atomic mass is 16.5. The summed E-state index contributed by atoms with van der Waals surface area (Å²) in [7, 11) is 3.77. The molecule has 4 heteroatoms. The van der Waals surface area contributed by atoms with Crippen molar-refractivity contribution in [2.45, 2.75) is 38.6 Å². The molecule has 19 heavy (non-hydrogen) atoms. The maximum atomic E-state index is 5.65. The Morgan fingerprint density at radius 2 is 1.68 bits per heavy atom. The summed E-state index contributed by atoms with van der Waals surface area (Å²) in [5.74, 6) is 1.63. The Hall–Kier alpha value is -0.160. The van der Waals surface area contributed by atoms with E-state index in [0.717, 1.165) is 24.9 Å². The van der Waals surface area contributed by atoms with Crippen LogP contribution in [0.15, 0.2) is 0 Å². The molecule has 1 aliphatic carbocycles. The van der Waals surface area contributed by atoms with Gasteiger partial charge < -0.3 is 19.5 Å². The van der Waals surface area contributed by atoms with Crippen molar-refractivity contribution in [2.24, 2.45) is 11.8 Å². The van der Waals surface area contributed by atoms with E-state index in [-0.39, 0.29) is 0 Å². The van der Waals surface area contributed by atoms with E-state index >= 15 is 0 Å². The molecule has 1 saturated carbocycles. The molecule has 0 aliphatic heterocycles. The Balaban J connectivity index is 2.00. The first-order chi connectivity index (χ1) is 9.27. The van der Waals surface area contributed by atoms with Crippen molar-refractivity contribution in [1.29, 1.82) is 0 Å². The van der Waals surface area contributed by atoms with Gasteiger partial charge in [0.15, 0.2) is 0 Å². The van der Waals surface area contributed by atoms with Gasteiger partial charge in [-0.25, -0.2) is 0 Å². The minimum Gasteiger partial charge on any atom is -0.382 e. The van der Waals surface area contributed by atoms with Crippen LogP contribution >= 0.6 is 0 Å². The second-order valence-corrected chi connectivity index (χ2v) is 5.58. The zero-order valence-electron chi connectivity index (χ0n) is 12.8. The molecule has 1 fully saturated rings. The second kappa shape index (κ2) is 10.6. The van der Waals surface area contributed by atoms with Crippen LogP contribution in [0.4, 0.5) is 0 Å². The van der Waals surface area contributed by atoms with Crippen LogP contribution < -0.4 is 5.32 Å². The number of ether oxygens (including phenoxy) is 3. The molecule has 114 valence electrons. The molecule has 1 N–H and O–H groups in total. The molecule has 0 aromatic carbocycles. The van der Waals surface area contributed by atoms with Crippen LogP contribution in [0.2, 0.25) is 0 Å². The number of methoxy groups -OCH3 is 1. The normalized spacial score (nSPS) is 27.6. The van der Waals surface area contributed by atoms with Gasteiger partial charge in [0.2, 0.25) is 0 Å². The van der Waals surface area contributed by atoms with Crippen LogP contribution in [0.1, 0.15) is 32.6 Å². The average Bonchev–Trinajstić information content (AvgIpc) is 2.42. The first kappa shape index (κ1) is 16.9. The molecule has 3 atom stereocenters. The third kappa shape index (κ3) is 7.25. The number of hydrogen-bond acceptors (Lipinski definition) is 4. The van der Waals surface area contributed by atoms with Gasteiger partial charge in [-0.1, -0.05) is 6.92 Å². The lowest BCUT2D eigenvalue weighted by molar-refractivity contribution is 0.0189. The van der Waals surface area contributed by atoms with E-state index < -0.39 is 0 Å². The van der Waals surface area contributed by atoms with Crippen LogP contribution in [-0.4, -0.2) is 53.2 Å². The fourth-order valence-corrected chi connectivity index (χ4v) is 2.90. The molecule has 0 radical (unpaired) electrons. The maximum Gasteiger partial charge on any atom is 0.0701 e. The van der Waals surface area contributed by atoms with Gasteiger partial charge in [0.1, 0.15) is 0 Å². The van der Waals surface area contributed by atoms with E-state index in [1.54, 1.807) is 7.11 Å². The lowest BCUT2D eigenvalue weighted by Gasteiger charge is -2.34. The van der Waals surface area contributed by atoms with Gasteiger partial charge in [-0.15, -0.1) is 0 Å². The summed E-state index contributed by atoms with van der Waals surface area (Å²) in [5, 5.41) is 3.46. The molecular formula is C15H31NO3. The molecule has 0 aromatic heterocycles. The van der Waals surface area contributed by atoms with Gasteiger partial charge in [-0.2, -0.15) is 0 Å². The Labute approximate surface area is 118 Å². The minimum absolute atomic E-state index is 0.655. The lowest BCUT2D eigenvalue weighted by atomic mass is 9.77. The highest BCUT2D eigenvalue weighted by Gasteiger charge is 2.26. The third-order valence-corrected chi connectivity index (χ3v) is 4.05. The number of rotatable bonds is 10. The molecule has 1 rings (SSSR count). The molecule has 0 heterocycles. The molecule has 1 aliphatic rings. The Morgan fingerprint density at radius 1 is 1.00 bits per heavy atom. The van der Waals surface area contributed by atoms with E-state index in [1.807, 2.05) is 0 Å². The van der Waals surface area contributed by atoms with Crippen molar-refractivity contribution in [2.75, 3.05) is 47.2 Å². The van der Waals surface area contributed by atoms with Crippen LogP contribution in [-0.2, 0) is 14.2 Å². The van der Waals surface area contributed by atoms with E-state index in [1.165, 1.54) is 19.3 Å². The largest absolute Gasteiger partial charge is 0.382 e. The summed E-state index contributed by atoms with van der Waals surface area (Å²) in [6.45, 7) is 5.88. The fraction of sp³-hybridized carbons (Fsp3) is 1.00. The van der Waals surface area contributed by atoms with Crippen molar-refractivity contribution in [3.05, 3.63) is 0 Å². The van der Waals surface area contributed by atoms with Crippen LogP contribution in [0.25, 0.3) is 0 Å². The fourth-order valence-electron chi connectivity index (χ4n) is 2.90. The maximum absolute atomic E-state index is 5.65. The number of hydrogen-bond donors (Lipinski definition) is 1.